The SMILES string of the molecule is Cc1ccc(C=Cc2nc(C#N)c(N3CCNCC3)o2)cc1. The van der Waals surface area contributed by atoms with Crippen molar-refractivity contribution >= 4 is 18.0 Å². The van der Waals surface area contributed by atoms with Crippen molar-refractivity contribution in [3.8, 4) is 6.07 Å². The van der Waals surface area contributed by atoms with Crippen molar-refractivity contribution in [2.24, 2.45) is 0 Å². The van der Waals surface area contributed by atoms with Gasteiger partial charge in [0.05, 0.1) is 0 Å². The van der Waals surface area contributed by atoms with Crippen molar-refractivity contribution in [2.45, 2.75) is 6.92 Å². The number of aromatic nitrogens is 1. The van der Waals surface area contributed by atoms with Crippen LogP contribution in [0.5, 0.6) is 0 Å². The topological polar surface area (TPSA) is 65.1 Å². The summed E-state index contributed by atoms with van der Waals surface area (Å²) in [6, 6.07) is 10.3. The van der Waals surface area contributed by atoms with E-state index in [0.29, 0.717) is 17.5 Å². The van der Waals surface area contributed by atoms with Crippen LogP contribution in [-0.2, 0) is 0 Å². The zero-order chi connectivity index (χ0) is 15.4. The van der Waals surface area contributed by atoms with Crippen LogP contribution in [0, 0.1) is 18.3 Å². The number of benzene rings is 1. The third-order valence-corrected chi connectivity index (χ3v) is 3.63. The van der Waals surface area contributed by atoms with Crippen LogP contribution in [-0.4, -0.2) is 31.2 Å². The molecule has 1 saturated heterocycles. The van der Waals surface area contributed by atoms with E-state index in [-0.39, 0.29) is 0 Å². The summed E-state index contributed by atoms with van der Waals surface area (Å²) in [5.41, 5.74) is 2.65. The molecule has 0 bridgehead atoms. The number of nitrogens with one attached hydrogen (secondary N) is 1. The van der Waals surface area contributed by atoms with Gasteiger partial charge < -0.3 is 14.6 Å². The molecule has 112 valence electrons. The maximum absolute atomic E-state index is 9.24. The highest BCUT2D eigenvalue weighted by Gasteiger charge is 2.20. The van der Waals surface area contributed by atoms with Crippen LogP contribution in [0.4, 0.5) is 5.88 Å². The minimum Gasteiger partial charge on any atom is -0.420 e. The molecule has 1 aromatic heterocycles. The van der Waals surface area contributed by atoms with Crippen molar-refractivity contribution in [3.05, 3.63) is 47.0 Å². The summed E-state index contributed by atoms with van der Waals surface area (Å²) >= 11 is 0. The highest BCUT2D eigenvalue weighted by Crippen LogP contribution is 2.23. The summed E-state index contributed by atoms with van der Waals surface area (Å²) in [7, 11) is 0. The fourth-order valence-corrected chi connectivity index (χ4v) is 2.40. The third kappa shape index (κ3) is 3.18. The standard InChI is InChI=1S/C17H18N4O/c1-13-2-4-14(5-3-13)6-7-16-20-15(12-18)17(22-16)21-10-8-19-9-11-21/h2-7,19H,8-11H2,1H3. The molecule has 1 N–H and O–H groups in total. The van der Waals surface area contributed by atoms with Gasteiger partial charge in [-0.05, 0) is 18.6 Å². The summed E-state index contributed by atoms with van der Waals surface area (Å²) in [5, 5.41) is 12.5. The Morgan fingerprint density at radius 3 is 2.64 bits per heavy atom. The fraction of sp³-hybridized carbons (Fsp3) is 0.294. The minimum atomic E-state index is 0.352. The molecule has 1 aliphatic rings. The largest absolute Gasteiger partial charge is 0.420 e. The minimum absolute atomic E-state index is 0.352. The molecule has 0 saturated carbocycles. The van der Waals surface area contributed by atoms with Gasteiger partial charge in [-0.3, -0.25) is 0 Å². The lowest BCUT2D eigenvalue weighted by Gasteiger charge is -2.26. The monoisotopic (exact) mass is 294 g/mol. The van der Waals surface area contributed by atoms with Crippen molar-refractivity contribution in [1.29, 1.82) is 5.26 Å². The number of oxazole rings is 1. The Morgan fingerprint density at radius 1 is 1.23 bits per heavy atom. The molecule has 1 aromatic carbocycles. The summed E-state index contributed by atoms with van der Waals surface area (Å²) in [4.78, 5) is 6.32. The maximum atomic E-state index is 9.24. The van der Waals surface area contributed by atoms with E-state index in [1.807, 2.05) is 18.2 Å². The van der Waals surface area contributed by atoms with Gasteiger partial charge in [0.25, 0.3) is 0 Å². The number of piperazine rings is 1. The molecule has 0 unspecified atom stereocenters. The number of nitriles is 1. The van der Waals surface area contributed by atoms with E-state index in [1.165, 1.54) is 5.56 Å². The maximum Gasteiger partial charge on any atom is 0.235 e. The van der Waals surface area contributed by atoms with Crippen molar-refractivity contribution in [2.75, 3.05) is 31.1 Å². The summed E-state index contributed by atoms with van der Waals surface area (Å²) in [6.45, 7) is 5.48. The van der Waals surface area contributed by atoms with Gasteiger partial charge in [-0.1, -0.05) is 29.8 Å². The predicted molar refractivity (Wildman–Crippen MR) is 86.4 cm³/mol. The van der Waals surface area contributed by atoms with Gasteiger partial charge in [0.1, 0.15) is 6.07 Å². The van der Waals surface area contributed by atoms with Crippen LogP contribution in [0.2, 0.25) is 0 Å². The average molecular weight is 294 g/mol. The van der Waals surface area contributed by atoms with Crippen LogP contribution in [0.15, 0.2) is 28.7 Å². The molecule has 1 aliphatic heterocycles. The Kier molecular flexibility index (Phi) is 4.22. The number of nitrogens with zero attached hydrogens (tertiary/aromatic N) is 3. The Bertz CT molecular complexity index is 703. The Morgan fingerprint density at radius 2 is 1.95 bits per heavy atom. The van der Waals surface area contributed by atoms with Gasteiger partial charge in [-0.25, -0.2) is 0 Å². The Balaban J connectivity index is 1.81. The van der Waals surface area contributed by atoms with E-state index in [2.05, 4.69) is 40.3 Å². The van der Waals surface area contributed by atoms with Crippen LogP contribution < -0.4 is 10.2 Å². The second-order valence-electron chi connectivity index (χ2n) is 5.30. The van der Waals surface area contributed by atoms with E-state index in [4.69, 9.17) is 4.42 Å². The van der Waals surface area contributed by atoms with Crippen molar-refractivity contribution in [1.82, 2.24) is 10.3 Å². The first-order valence-electron chi connectivity index (χ1n) is 7.37. The third-order valence-electron chi connectivity index (χ3n) is 3.63. The van der Waals surface area contributed by atoms with E-state index < -0.39 is 0 Å². The molecule has 0 amide bonds. The van der Waals surface area contributed by atoms with Gasteiger partial charge in [-0.2, -0.15) is 10.2 Å². The molecule has 1 fully saturated rings. The first-order valence-corrected chi connectivity index (χ1v) is 7.37. The molecule has 0 atom stereocenters. The zero-order valence-electron chi connectivity index (χ0n) is 12.5. The predicted octanol–water partition coefficient (Wildman–Crippen LogP) is 2.43. The summed E-state index contributed by atoms with van der Waals surface area (Å²) < 4.78 is 5.77. The lowest BCUT2D eigenvalue weighted by Crippen LogP contribution is -2.43. The normalized spacial score (nSPS) is 15.2. The van der Waals surface area contributed by atoms with E-state index in [0.717, 1.165) is 31.7 Å². The summed E-state index contributed by atoms with van der Waals surface area (Å²) in [5.74, 6) is 1.04. The van der Waals surface area contributed by atoms with Gasteiger partial charge >= 0.3 is 0 Å². The van der Waals surface area contributed by atoms with E-state index in [9.17, 15) is 5.26 Å². The molecule has 2 aromatic rings. The van der Waals surface area contributed by atoms with Gasteiger partial charge in [-0.15, -0.1) is 0 Å². The second kappa shape index (κ2) is 6.46. The second-order valence-corrected chi connectivity index (χ2v) is 5.30. The Hall–Kier alpha value is -2.58. The molecule has 0 radical (unpaired) electrons. The number of hydrogen-bond acceptors (Lipinski definition) is 5. The zero-order valence-corrected chi connectivity index (χ0v) is 12.5. The summed E-state index contributed by atoms with van der Waals surface area (Å²) in [6.07, 6.45) is 3.74. The fourth-order valence-electron chi connectivity index (χ4n) is 2.40. The average Bonchev–Trinajstić information content (AvgIpc) is 2.98. The van der Waals surface area contributed by atoms with Crippen molar-refractivity contribution < 1.29 is 4.42 Å². The molecule has 5 nitrogen and oxygen atoms in total. The van der Waals surface area contributed by atoms with Crippen molar-refractivity contribution in [3.63, 3.8) is 0 Å². The Labute approximate surface area is 129 Å². The molecule has 0 aliphatic carbocycles. The van der Waals surface area contributed by atoms with Crippen LogP contribution in [0.25, 0.3) is 12.2 Å². The van der Waals surface area contributed by atoms with Gasteiger partial charge in [0, 0.05) is 32.3 Å². The van der Waals surface area contributed by atoms with Gasteiger partial charge in [0.2, 0.25) is 17.5 Å². The molecular formula is C17H18N4O. The smallest absolute Gasteiger partial charge is 0.235 e. The van der Waals surface area contributed by atoms with E-state index in [1.54, 1.807) is 6.08 Å². The van der Waals surface area contributed by atoms with Crippen LogP contribution in [0.1, 0.15) is 22.7 Å². The number of aryl methyl sites for hydroxylation is 1. The number of anilines is 1. The molecule has 2 heterocycles. The van der Waals surface area contributed by atoms with E-state index >= 15 is 0 Å². The lowest BCUT2D eigenvalue weighted by molar-refractivity contribution is 0.498. The van der Waals surface area contributed by atoms with Crippen LogP contribution in [0.3, 0.4) is 0 Å². The molecule has 0 spiro atoms. The highest BCUT2D eigenvalue weighted by molar-refractivity contribution is 5.67. The lowest BCUT2D eigenvalue weighted by atomic mass is 10.1. The first-order chi connectivity index (χ1) is 10.8. The first kappa shape index (κ1) is 14.4. The molecular weight excluding hydrogens is 276 g/mol. The molecule has 5 heteroatoms. The number of rotatable bonds is 3. The number of hydrogen-bond donors (Lipinski definition) is 1. The molecule has 3 rings (SSSR count). The van der Waals surface area contributed by atoms with Crippen LogP contribution >= 0.6 is 0 Å². The highest BCUT2D eigenvalue weighted by atomic mass is 16.4. The van der Waals surface area contributed by atoms with Gasteiger partial charge in [0.15, 0.2) is 0 Å². The quantitative estimate of drug-likeness (QED) is 0.942. The molecule has 22 heavy (non-hydrogen) atoms.